The fourth-order valence-corrected chi connectivity index (χ4v) is 2.46. The molecule has 0 bridgehead atoms. The minimum Gasteiger partial charge on any atom is -0.373 e. The first-order chi connectivity index (χ1) is 9.92. The highest BCUT2D eigenvalue weighted by molar-refractivity contribution is 6.35. The summed E-state index contributed by atoms with van der Waals surface area (Å²) in [5.41, 5.74) is 7.65. The van der Waals surface area contributed by atoms with Crippen LogP contribution in [0.2, 0.25) is 10.0 Å². The summed E-state index contributed by atoms with van der Waals surface area (Å²) < 4.78 is 0. The van der Waals surface area contributed by atoms with Gasteiger partial charge in [0.15, 0.2) is 0 Å². The highest BCUT2D eigenvalue weighted by atomic mass is 35.5. The Bertz CT molecular complexity index is 704. The number of nitrogens with one attached hydrogen (secondary N) is 1. The number of rotatable bonds is 4. The zero-order chi connectivity index (χ0) is 15.6. The van der Waals surface area contributed by atoms with Crippen LogP contribution < -0.4 is 11.1 Å². The molecule has 2 aromatic rings. The van der Waals surface area contributed by atoms with E-state index in [0.29, 0.717) is 28.0 Å². The SMILES string of the molecule is CNc1nc(C(N)=O)nc(C)c1Cc1ccc(Cl)cc1Cl. The van der Waals surface area contributed by atoms with Crippen molar-refractivity contribution >= 4 is 34.9 Å². The van der Waals surface area contributed by atoms with Crippen LogP contribution in [-0.2, 0) is 6.42 Å². The third-order valence-electron chi connectivity index (χ3n) is 3.05. The number of primary amides is 1. The lowest BCUT2D eigenvalue weighted by Gasteiger charge is -2.13. The molecule has 0 fully saturated rings. The third-order valence-corrected chi connectivity index (χ3v) is 3.64. The van der Waals surface area contributed by atoms with Gasteiger partial charge in [-0.25, -0.2) is 9.97 Å². The van der Waals surface area contributed by atoms with E-state index in [4.69, 9.17) is 28.9 Å². The molecule has 1 heterocycles. The number of anilines is 1. The van der Waals surface area contributed by atoms with Crippen LogP contribution in [0.4, 0.5) is 5.82 Å². The Morgan fingerprint density at radius 1 is 1.33 bits per heavy atom. The second-order valence-corrected chi connectivity index (χ2v) is 5.33. The van der Waals surface area contributed by atoms with E-state index in [-0.39, 0.29) is 5.82 Å². The number of halogens is 2. The van der Waals surface area contributed by atoms with Crippen molar-refractivity contribution in [3.8, 4) is 0 Å². The number of aromatic nitrogens is 2. The standard InChI is InChI=1S/C14H14Cl2N4O/c1-7-10(5-8-3-4-9(15)6-11(8)16)13(18-2)20-14(19-7)12(17)21/h3-4,6H,5H2,1-2H3,(H2,17,21)(H,18,19,20). The van der Waals surface area contributed by atoms with Crippen molar-refractivity contribution in [1.29, 1.82) is 0 Å². The zero-order valence-corrected chi connectivity index (χ0v) is 13.1. The van der Waals surface area contributed by atoms with Gasteiger partial charge in [0.2, 0.25) is 5.82 Å². The molecule has 0 aliphatic rings. The molecule has 110 valence electrons. The summed E-state index contributed by atoms with van der Waals surface area (Å²) in [5.74, 6) is -0.115. The van der Waals surface area contributed by atoms with E-state index in [2.05, 4.69) is 15.3 Å². The van der Waals surface area contributed by atoms with Crippen molar-refractivity contribution in [3.63, 3.8) is 0 Å². The van der Waals surface area contributed by atoms with E-state index in [9.17, 15) is 4.79 Å². The van der Waals surface area contributed by atoms with E-state index in [1.54, 1.807) is 26.1 Å². The Hall–Kier alpha value is -1.85. The van der Waals surface area contributed by atoms with Crippen LogP contribution >= 0.6 is 23.2 Å². The van der Waals surface area contributed by atoms with E-state index in [1.165, 1.54) is 0 Å². The molecule has 0 atom stereocenters. The van der Waals surface area contributed by atoms with Gasteiger partial charge in [0.1, 0.15) is 5.82 Å². The number of aryl methyl sites for hydroxylation is 1. The number of nitrogens with two attached hydrogens (primary N) is 1. The maximum atomic E-state index is 11.2. The van der Waals surface area contributed by atoms with E-state index in [1.807, 2.05) is 6.07 Å². The van der Waals surface area contributed by atoms with E-state index < -0.39 is 5.91 Å². The predicted octanol–water partition coefficient (Wildman–Crippen LogP) is 2.82. The predicted molar refractivity (Wildman–Crippen MR) is 84.1 cm³/mol. The first-order valence-electron chi connectivity index (χ1n) is 6.21. The smallest absolute Gasteiger partial charge is 0.286 e. The molecule has 5 nitrogen and oxygen atoms in total. The maximum Gasteiger partial charge on any atom is 0.286 e. The summed E-state index contributed by atoms with van der Waals surface area (Å²) in [6, 6.07) is 5.31. The number of benzene rings is 1. The van der Waals surface area contributed by atoms with Crippen LogP contribution in [0.3, 0.4) is 0 Å². The topological polar surface area (TPSA) is 80.9 Å². The molecular weight excluding hydrogens is 311 g/mol. The minimum atomic E-state index is -0.661. The summed E-state index contributed by atoms with van der Waals surface area (Å²) in [4.78, 5) is 19.5. The largest absolute Gasteiger partial charge is 0.373 e. The van der Waals surface area contributed by atoms with Gasteiger partial charge >= 0.3 is 0 Å². The molecule has 0 aliphatic carbocycles. The van der Waals surface area contributed by atoms with Crippen LogP contribution in [0.15, 0.2) is 18.2 Å². The highest BCUT2D eigenvalue weighted by Gasteiger charge is 2.15. The maximum absolute atomic E-state index is 11.2. The van der Waals surface area contributed by atoms with Crippen LogP contribution in [0.5, 0.6) is 0 Å². The highest BCUT2D eigenvalue weighted by Crippen LogP contribution is 2.26. The summed E-state index contributed by atoms with van der Waals surface area (Å²) in [6.07, 6.45) is 0.525. The van der Waals surface area contributed by atoms with Gasteiger partial charge in [-0.15, -0.1) is 0 Å². The van der Waals surface area contributed by atoms with Crippen molar-refractivity contribution in [3.05, 3.63) is 50.9 Å². The molecule has 21 heavy (non-hydrogen) atoms. The summed E-state index contributed by atoms with van der Waals surface area (Å²) in [7, 11) is 1.72. The van der Waals surface area contributed by atoms with Gasteiger partial charge in [-0.05, 0) is 24.6 Å². The Kier molecular flexibility index (Phi) is 4.65. The summed E-state index contributed by atoms with van der Waals surface area (Å²) in [5, 5.41) is 4.11. The molecule has 7 heteroatoms. The Morgan fingerprint density at radius 3 is 2.62 bits per heavy atom. The van der Waals surface area contributed by atoms with Crippen molar-refractivity contribution in [2.75, 3.05) is 12.4 Å². The Balaban J connectivity index is 2.46. The first kappa shape index (κ1) is 15.5. The molecule has 2 rings (SSSR count). The minimum absolute atomic E-state index is 0.0113. The van der Waals surface area contributed by atoms with Crippen LogP contribution in [0.1, 0.15) is 27.4 Å². The average Bonchev–Trinajstić information content (AvgIpc) is 2.42. The number of nitrogens with zero attached hydrogens (tertiary/aromatic N) is 2. The van der Waals surface area contributed by atoms with Gasteiger partial charge in [0, 0.05) is 34.8 Å². The fourth-order valence-electron chi connectivity index (χ4n) is 1.98. The monoisotopic (exact) mass is 324 g/mol. The van der Waals surface area contributed by atoms with Crippen molar-refractivity contribution < 1.29 is 4.79 Å². The number of carbonyl (C=O) groups excluding carboxylic acids is 1. The summed E-state index contributed by atoms with van der Waals surface area (Å²) >= 11 is 12.1. The lowest BCUT2D eigenvalue weighted by atomic mass is 10.0. The zero-order valence-electron chi connectivity index (χ0n) is 11.6. The average molecular weight is 325 g/mol. The molecule has 1 aromatic carbocycles. The molecule has 0 saturated heterocycles. The normalized spacial score (nSPS) is 10.5. The van der Waals surface area contributed by atoms with Crippen LogP contribution in [0.25, 0.3) is 0 Å². The molecule has 0 aliphatic heterocycles. The molecule has 0 unspecified atom stereocenters. The lowest BCUT2D eigenvalue weighted by Crippen LogP contribution is -2.18. The van der Waals surface area contributed by atoms with Crippen LogP contribution in [-0.4, -0.2) is 22.9 Å². The van der Waals surface area contributed by atoms with Crippen molar-refractivity contribution in [2.45, 2.75) is 13.3 Å². The second kappa shape index (κ2) is 6.28. The lowest BCUT2D eigenvalue weighted by molar-refractivity contribution is 0.0990. The second-order valence-electron chi connectivity index (χ2n) is 4.49. The Labute approximate surface area is 132 Å². The third kappa shape index (κ3) is 3.43. The number of hydrogen-bond acceptors (Lipinski definition) is 4. The number of amides is 1. The van der Waals surface area contributed by atoms with Gasteiger partial charge in [0.25, 0.3) is 5.91 Å². The summed E-state index contributed by atoms with van der Waals surface area (Å²) in [6.45, 7) is 1.80. The molecular formula is C14H14Cl2N4O. The molecule has 0 spiro atoms. The molecule has 1 amide bonds. The first-order valence-corrected chi connectivity index (χ1v) is 6.97. The van der Waals surface area contributed by atoms with Gasteiger partial charge < -0.3 is 11.1 Å². The van der Waals surface area contributed by atoms with Gasteiger partial charge in [-0.2, -0.15) is 0 Å². The molecule has 0 radical (unpaired) electrons. The van der Waals surface area contributed by atoms with Crippen LogP contribution in [0, 0.1) is 6.92 Å². The van der Waals surface area contributed by atoms with Crippen molar-refractivity contribution in [1.82, 2.24) is 9.97 Å². The van der Waals surface area contributed by atoms with Gasteiger partial charge in [0.05, 0.1) is 0 Å². The van der Waals surface area contributed by atoms with Crippen molar-refractivity contribution in [2.24, 2.45) is 5.73 Å². The number of carbonyl (C=O) groups is 1. The molecule has 3 N–H and O–H groups in total. The quantitative estimate of drug-likeness (QED) is 0.906. The fraction of sp³-hybridized carbons (Fsp3) is 0.214. The van der Waals surface area contributed by atoms with Gasteiger partial charge in [-0.3, -0.25) is 4.79 Å². The van der Waals surface area contributed by atoms with E-state index >= 15 is 0 Å². The van der Waals surface area contributed by atoms with Gasteiger partial charge in [-0.1, -0.05) is 29.3 Å². The number of hydrogen-bond donors (Lipinski definition) is 2. The molecule has 0 saturated carbocycles. The van der Waals surface area contributed by atoms with E-state index in [0.717, 1.165) is 11.1 Å². The molecule has 1 aromatic heterocycles. The Morgan fingerprint density at radius 2 is 2.05 bits per heavy atom.